The number of methoxy groups -OCH3 is 1. The van der Waals surface area contributed by atoms with Crippen LogP contribution in [0.4, 0.5) is 5.82 Å². The van der Waals surface area contributed by atoms with Crippen LogP contribution in [-0.2, 0) is 13.0 Å². The minimum Gasteiger partial charge on any atom is -0.496 e. The van der Waals surface area contributed by atoms with Gasteiger partial charge in [-0.15, -0.1) is 5.10 Å². The lowest BCUT2D eigenvalue weighted by molar-refractivity contribution is 0.0730. The fourth-order valence-corrected chi connectivity index (χ4v) is 2.96. The number of carbonyl (C=O) groups excluding carboxylic acids is 1. The van der Waals surface area contributed by atoms with E-state index in [4.69, 9.17) is 16.3 Å². The molecule has 2 aromatic rings. The van der Waals surface area contributed by atoms with Gasteiger partial charge in [-0.05, 0) is 36.8 Å². The number of amides is 1. The van der Waals surface area contributed by atoms with Gasteiger partial charge in [-0.1, -0.05) is 11.6 Å². The number of nitrogens with zero attached hydrogens (tertiary/aromatic N) is 3. The smallest absolute Gasteiger partial charge is 0.257 e. The van der Waals surface area contributed by atoms with Crippen molar-refractivity contribution in [3.63, 3.8) is 0 Å². The molecule has 0 aliphatic carbocycles. The van der Waals surface area contributed by atoms with E-state index >= 15 is 0 Å². The van der Waals surface area contributed by atoms with Gasteiger partial charge in [0, 0.05) is 31.1 Å². The molecular formula is C17H19ClN4O2. The number of hydrogen-bond donors (Lipinski definition) is 1. The minimum atomic E-state index is -0.0955. The van der Waals surface area contributed by atoms with Gasteiger partial charge in [0.25, 0.3) is 5.91 Å². The highest BCUT2D eigenvalue weighted by Crippen LogP contribution is 2.26. The molecule has 1 aromatic carbocycles. The quantitative estimate of drug-likeness (QED) is 0.922. The van der Waals surface area contributed by atoms with Crippen molar-refractivity contribution < 1.29 is 9.53 Å². The molecule has 0 radical (unpaired) electrons. The second-order valence-electron chi connectivity index (χ2n) is 5.55. The molecule has 1 N–H and O–H groups in total. The van der Waals surface area contributed by atoms with Crippen LogP contribution in [0.5, 0.6) is 5.75 Å². The molecule has 24 heavy (non-hydrogen) atoms. The molecule has 0 bridgehead atoms. The summed E-state index contributed by atoms with van der Waals surface area (Å²) in [6.07, 6.45) is 0.684. The van der Waals surface area contributed by atoms with E-state index < -0.39 is 0 Å². The van der Waals surface area contributed by atoms with E-state index in [2.05, 4.69) is 15.5 Å². The maximum atomic E-state index is 12.9. The minimum absolute atomic E-state index is 0.0955. The van der Waals surface area contributed by atoms with Crippen molar-refractivity contribution in [2.45, 2.75) is 19.9 Å². The summed E-state index contributed by atoms with van der Waals surface area (Å²) >= 11 is 6.04. The van der Waals surface area contributed by atoms with Crippen LogP contribution in [0.15, 0.2) is 24.3 Å². The molecule has 0 fully saturated rings. The zero-order valence-corrected chi connectivity index (χ0v) is 14.4. The number of nitrogens with one attached hydrogen (secondary N) is 1. The van der Waals surface area contributed by atoms with E-state index in [-0.39, 0.29) is 5.91 Å². The molecule has 0 saturated carbocycles. The van der Waals surface area contributed by atoms with Crippen molar-refractivity contribution in [3.8, 4) is 5.75 Å². The lowest BCUT2D eigenvalue weighted by atomic mass is 10.0. The molecule has 1 aliphatic heterocycles. The van der Waals surface area contributed by atoms with Crippen LogP contribution < -0.4 is 10.1 Å². The molecule has 0 atom stereocenters. The van der Waals surface area contributed by atoms with Crippen molar-refractivity contribution >= 4 is 23.3 Å². The third-order valence-electron chi connectivity index (χ3n) is 3.98. The van der Waals surface area contributed by atoms with Crippen LogP contribution in [0.3, 0.4) is 0 Å². The molecule has 0 unspecified atom stereocenters. The Morgan fingerprint density at radius 3 is 2.96 bits per heavy atom. The first kappa shape index (κ1) is 16.5. The number of halogens is 1. The zero-order chi connectivity index (χ0) is 17.1. The highest BCUT2D eigenvalue weighted by atomic mass is 35.5. The van der Waals surface area contributed by atoms with E-state index in [1.54, 1.807) is 30.2 Å². The lowest BCUT2D eigenvalue weighted by Crippen LogP contribution is -2.36. The van der Waals surface area contributed by atoms with Crippen LogP contribution in [-0.4, -0.2) is 41.2 Å². The molecule has 3 rings (SSSR count). The Labute approximate surface area is 145 Å². The number of rotatable bonds is 4. The van der Waals surface area contributed by atoms with Crippen LogP contribution >= 0.6 is 11.6 Å². The van der Waals surface area contributed by atoms with E-state index in [1.165, 1.54) is 0 Å². The van der Waals surface area contributed by atoms with Crippen LogP contribution in [0.2, 0.25) is 5.02 Å². The summed E-state index contributed by atoms with van der Waals surface area (Å²) in [5.74, 6) is 1.16. The van der Waals surface area contributed by atoms with Crippen molar-refractivity contribution in [1.82, 2.24) is 15.1 Å². The Balaban J connectivity index is 1.85. The standard InChI is InChI=1S/C17H19ClN4O2/c1-3-19-16-8-11-10-22(7-6-14(11)20-21-16)17(23)13-9-12(18)4-5-15(13)24-2/h4-5,8-9H,3,6-7,10H2,1-2H3,(H,19,21). The summed E-state index contributed by atoms with van der Waals surface area (Å²) in [7, 11) is 1.55. The average Bonchev–Trinajstić information content (AvgIpc) is 2.60. The van der Waals surface area contributed by atoms with Gasteiger partial charge in [-0.2, -0.15) is 5.10 Å². The van der Waals surface area contributed by atoms with Gasteiger partial charge in [-0.3, -0.25) is 4.79 Å². The SMILES string of the molecule is CCNc1cc2c(nn1)CCN(C(=O)c1cc(Cl)ccc1OC)C2. The van der Waals surface area contributed by atoms with Gasteiger partial charge in [0.1, 0.15) is 11.6 Å². The van der Waals surface area contributed by atoms with Crippen molar-refractivity contribution in [1.29, 1.82) is 0 Å². The van der Waals surface area contributed by atoms with Gasteiger partial charge >= 0.3 is 0 Å². The number of anilines is 1. The Morgan fingerprint density at radius 2 is 2.21 bits per heavy atom. The monoisotopic (exact) mass is 346 g/mol. The molecule has 1 aromatic heterocycles. The lowest BCUT2D eigenvalue weighted by Gasteiger charge is -2.28. The molecule has 7 heteroatoms. The average molecular weight is 347 g/mol. The van der Waals surface area contributed by atoms with Crippen LogP contribution in [0.1, 0.15) is 28.5 Å². The van der Waals surface area contributed by atoms with Gasteiger partial charge in [0.05, 0.1) is 18.4 Å². The van der Waals surface area contributed by atoms with Gasteiger partial charge < -0.3 is 15.0 Å². The maximum Gasteiger partial charge on any atom is 0.257 e. The van der Waals surface area contributed by atoms with Crippen molar-refractivity contribution in [2.75, 3.05) is 25.5 Å². The van der Waals surface area contributed by atoms with Gasteiger partial charge in [0.15, 0.2) is 0 Å². The predicted molar refractivity (Wildman–Crippen MR) is 92.6 cm³/mol. The molecule has 1 aliphatic rings. The fourth-order valence-electron chi connectivity index (χ4n) is 2.79. The topological polar surface area (TPSA) is 67.4 Å². The third kappa shape index (κ3) is 3.28. The number of hydrogen-bond acceptors (Lipinski definition) is 5. The van der Waals surface area contributed by atoms with Crippen LogP contribution in [0, 0.1) is 0 Å². The zero-order valence-electron chi connectivity index (χ0n) is 13.7. The highest BCUT2D eigenvalue weighted by molar-refractivity contribution is 6.31. The molecule has 126 valence electrons. The summed E-state index contributed by atoms with van der Waals surface area (Å²) in [6, 6.07) is 7.02. The second kappa shape index (κ2) is 7.05. The van der Waals surface area contributed by atoms with E-state index in [0.29, 0.717) is 35.8 Å². The Bertz CT molecular complexity index is 766. The van der Waals surface area contributed by atoms with E-state index in [0.717, 1.165) is 23.6 Å². The van der Waals surface area contributed by atoms with Gasteiger partial charge in [-0.25, -0.2) is 0 Å². The predicted octanol–water partition coefficient (Wildman–Crippen LogP) is 2.77. The Morgan fingerprint density at radius 1 is 1.38 bits per heavy atom. The summed E-state index contributed by atoms with van der Waals surface area (Å²) in [5, 5.41) is 12.1. The highest BCUT2D eigenvalue weighted by Gasteiger charge is 2.25. The number of fused-ring (bicyclic) bond motifs is 1. The third-order valence-corrected chi connectivity index (χ3v) is 4.21. The first-order valence-corrected chi connectivity index (χ1v) is 8.22. The summed E-state index contributed by atoms with van der Waals surface area (Å²) in [4.78, 5) is 14.7. The van der Waals surface area contributed by atoms with Crippen molar-refractivity contribution in [2.24, 2.45) is 0 Å². The summed E-state index contributed by atoms with van der Waals surface area (Å²) in [5.41, 5.74) is 2.43. The van der Waals surface area contributed by atoms with E-state index in [1.807, 2.05) is 13.0 Å². The Kier molecular flexibility index (Phi) is 4.85. The fraction of sp³-hybridized carbons (Fsp3) is 0.353. The molecule has 1 amide bonds. The Hall–Kier alpha value is -2.34. The number of benzene rings is 1. The maximum absolute atomic E-state index is 12.9. The molecule has 0 saturated heterocycles. The van der Waals surface area contributed by atoms with E-state index in [9.17, 15) is 4.79 Å². The molecular weight excluding hydrogens is 328 g/mol. The van der Waals surface area contributed by atoms with Crippen LogP contribution in [0.25, 0.3) is 0 Å². The second-order valence-corrected chi connectivity index (χ2v) is 5.99. The first-order valence-electron chi connectivity index (χ1n) is 7.84. The largest absolute Gasteiger partial charge is 0.496 e. The number of carbonyl (C=O) groups is 1. The molecule has 2 heterocycles. The normalized spacial score (nSPS) is 13.4. The number of ether oxygens (including phenoxy) is 1. The summed E-state index contributed by atoms with van der Waals surface area (Å²) in [6.45, 7) is 3.87. The molecule has 0 spiro atoms. The first-order chi connectivity index (χ1) is 11.6. The number of aromatic nitrogens is 2. The van der Waals surface area contributed by atoms with Gasteiger partial charge in [0.2, 0.25) is 0 Å². The molecule has 6 nitrogen and oxygen atoms in total. The van der Waals surface area contributed by atoms with Crippen molar-refractivity contribution in [3.05, 3.63) is 46.1 Å². The summed E-state index contributed by atoms with van der Waals surface area (Å²) < 4.78 is 5.29.